The summed E-state index contributed by atoms with van der Waals surface area (Å²) in [7, 11) is 0. The maximum absolute atomic E-state index is 4.39. The maximum atomic E-state index is 4.39. The average Bonchev–Trinajstić information content (AvgIpc) is 2.29. The molecule has 15 heavy (non-hydrogen) atoms. The minimum Gasteiger partial charge on any atom is -0.348 e. The molecule has 0 saturated carbocycles. The topological polar surface area (TPSA) is 37.8 Å². The number of anilines is 1. The van der Waals surface area contributed by atoms with Gasteiger partial charge in [-0.15, -0.1) is 6.58 Å². The van der Waals surface area contributed by atoms with Crippen LogP contribution in [0.15, 0.2) is 43.1 Å². The lowest BCUT2D eigenvalue weighted by atomic mass is 10.2. The van der Waals surface area contributed by atoms with Crippen LogP contribution in [0.1, 0.15) is 6.92 Å². The van der Waals surface area contributed by atoms with Crippen LogP contribution in [0.3, 0.4) is 0 Å². The van der Waals surface area contributed by atoms with Crippen LogP contribution in [0.25, 0.3) is 10.9 Å². The molecular weight excluding hydrogens is 186 g/mol. The number of nitrogens with one attached hydrogen (secondary N) is 1. The van der Waals surface area contributed by atoms with E-state index in [1.807, 2.05) is 43.5 Å². The molecule has 3 heteroatoms. The van der Waals surface area contributed by atoms with Crippen molar-refractivity contribution in [2.45, 2.75) is 13.0 Å². The third kappa shape index (κ3) is 2.13. The highest BCUT2D eigenvalue weighted by atomic mass is 15.1. The number of aromatic nitrogens is 2. The fraction of sp³-hybridized carbons (Fsp3) is 0.167. The summed E-state index contributed by atoms with van der Waals surface area (Å²) in [5.74, 6) is 0.640. The molecule has 1 unspecified atom stereocenters. The fourth-order valence-electron chi connectivity index (χ4n) is 1.30. The third-order valence-electron chi connectivity index (χ3n) is 2.20. The average molecular weight is 199 g/mol. The quantitative estimate of drug-likeness (QED) is 0.772. The monoisotopic (exact) mass is 199 g/mol. The number of fused-ring (bicyclic) bond motifs is 1. The van der Waals surface area contributed by atoms with Crippen molar-refractivity contribution >= 4 is 16.9 Å². The van der Waals surface area contributed by atoms with Gasteiger partial charge in [0.05, 0.1) is 5.52 Å². The van der Waals surface area contributed by atoms with E-state index in [4.69, 9.17) is 0 Å². The molecule has 0 saturated heterocycles. The number of nitrogens with zero attached hydrogens (tertiary/aromatic N) is 2. The Morgan fingerprint density at radius 3 is 3.00 bits per heavy atom. The standard InChI is InChI=1S/C12H13N3/c1-3-9(2)14-12-13-8-10-6-4-5-7-11(10)15-12/h3-9H,1H2,2H3,(H,13,14,15). The molecule has 0 radical (unpaired) electrons. The summed E-state index contributed by atoms with van der Waals surface area (Å²) in [5, 5.41) is 4.19. The summed E-state index contributed by atoms with van der Waals surface area (Å²) in [6.07, 6.45) is 3.64. The molecule has 1 N–H and O–H groups in total. The smallest absolute Gasteiger partial charge is 0.223 e. The van der Waals surface area contributed by atoms with E-state index in [2.05, 4.69) is 21.9 Å². The van der Waals surface area contributed by atoms with E-state index >= 15 is 0 Å². The molecule has 3 nitrogen and oxygen atoms in total. The highest BCUT2D eigenvalue weighted by molar-refractivity contribution is 5.78. The van der Waals surface area contributed by atoms with E-state index in [9.17, 15) is 0 Å². The Balaban J connectivity index is 2.34. The minimum atomic E-state index is 0.172. The molecule has 1 aromatic carbocycles. The zero-order valence-corrected chi connectivity index (χ0v) is 8.64. The highest BCUT2D eigenvalue weighted by Crippen LogP contribution is 2.12. The predicted molar refractivity (Wildman–Crippen MR) is 62.8 cm³/mol. The van der Waals surface area contributed by atoms with Crippen LogP contribution >= 0.6 is 0 Å². The summed E-state index contributed by atoms with van der Waals surface area (Å²) >= 11 is 0. The summed E-state index contributed by atoms with van der Waals surface area (Å²) in [4.78, 5) is 8.62. The van der Waals surface area contributed by atoms with Crippen LogP contribution in [0, 0.1) is 0 Å². The van der Waals surface area contributed by atoms with E-state index < -0.39 is 0 Å². The van der Waals surface area contributed by atoms with Gasteiger partial charge in [0.15, 0.2) is 0 Å². The lowest BCUT2D eigenvalue weighted by molar-refractivity contribution is 0.965. The molecule has 1 aromatic heterocycles. The zero-order chi connectivity index (χ0) is 10.7. The first-order valence-corrected chi connectivity index (χ1v) is 4.90. The van der Waals surface area contributed by atoms with Gasteiger partial charge in [-0.1, -0.05) is 24.3 Å². The van der Waals surface area contributed by atoms with Crippen molar-refractivity contribution in [1.29, 1.82) is 0 Å². The predicted octanol–water partition coefficient (Wildman–Crippen LogP) is 2.62. The number of para-hydroxylation sites is 1. The maximum Gasteiger partial charge on any atom is 0.223 e. The number of hydrogen-bond acceptors (Lipinski definition) is 3. The SMILES string of the molecule is C=CC(C)Nc1ncc2ccccc2n1. The van der Waals surface area contributed by atoms with Crippen molar-refractivity contribution in [2.24, 2.45) is 0 Å². The Morgan fingerprint density at radius 2 is 2.20 bits per heavy atom. The minimum absolute atomic E-state index is 0.172. The van der Waals surface area contributed by atoms with Gasteiger partial charge in [0.25, 0.3) is 0 Å². The molecule has 0 aliphatic rings. The van der Waals surface area contributed by atoms with Crippen LogP contribution < -0.4 is 5.32 Å². The number of hydrogen-bond donors (Lipinski definition) is 1. The van der Waals surface area contributed by atoms with Gasteiger partial charge in [-0.25, -0.2) is 9.97 Å². The molecule has 2 aromatic rings. The molecule has 0 spiro atoms. The second-order valence-electron chi connectivity index (χ2n) is 3.42. The van der Waals surface area contributed by atoms with E-state index in [0.29, 0.717) is 5.95 Å². The molecule has 1 atom stereocenters. The largest absolute Gasteiger partial charge is 0.348 e. The highest BCUT2D eigenvalue weighted by Gasteiger charge is 2.00. The van der Waals surface area contributed by atoms with E-state index in [1.165, 1.54) is 0 Å². The molecule has 0 aliphatic carbocycles. The van der Waals surface area contributed by atoms with E-state index in [-0.39, 0.29) is 6.04 Å². The van der Waals surface area contributed by atoms with Crippen molar-refractivity contribution in [3.05, 3.63) is 43.1 Å². The van der Waals surface area contributed by atoms with Gasteiger partial charge < -0.3 is 5.32 Å². The van der Waals surface area contributed by atoms with Crippen LogP contribution in [-0.2, 0) is 0 Å². The number of benzene rings is 1. The summed E-state index contributed by atoms with van der Waals surface area (Å²) in [5.41, 5.74) is 0.950. The summed E-state index contributed by atoms with van der Waals surface area (Å²) < 4.78 is 0. The molecular formula is C12H13N3. The first-order valence-electron chi connectivity index (χ1n) is 4.90. The molecule has 0 amide bonds. The van der Waals surface area contributed by atoms with Gasteiger partial charge in [0.1, 0.15) is 0 Å². The van der Waals surface area contributed by atoms with E-state index in [0.717, 1.165) is 10.9 Å². The Morgan fingerprint density at radius 1 is 1.40 bits per heavy atom. The van der Waals surface area contributed by atoms with Gasteiger partial charge >= 0.3 is 0 Å². The number of rotatable bonds is 3. The van der Waals surface area contributed by atoms with Gasteiger partial charge in [-0.2, -0.15) is 0 Å². The Labute approximate surface area is 88.9 Å². The fourth-order valence-corrected chi connectivity index (χ4v) is 1.30. The first kappa shape index (κ1) is 9.65. The lowest BCUT2D eigenvalue weighted by Gasteiger charge is -2.08. The second-order valence-corrected chi connectivity index (χ2v) is 3.42. The Kier molecular flexibility index (Phi) is 2.63. The van der Waals surface area contributed by atoms with Crippen molar-refractivity contribution in [1.82, 2.24) is 9.97 Å². The Bertz CT molecular complexity index is 479. The van der Waals surface area contributed by atoms with Crippen LogP contribution in [-0.4, -0.2) is 16.0 Å². The molecule has 1 heterocycles. The van der Waals surface area contributed by atoms with Gasteiger partial charge in [-0.3, -0.25) is 0 Å². The first-order chi connectivity index (χ1) is 7.29. The molecule has 2 rings (SSSR count). The van der Waals surface area contributed by atoms with Gasteiger partial charge in [0.2, 0.25) is 5.95 Å². The molecule has 76 valence electrons. The zero-order valence-electron chi connectivity index (χ0n) is 8.64. The van der Waals surface area contributed by atoms with Crippen LogP contribution in [0.5, 0.6) is 0 Å². The van der Waals surface area contributed by atoms with E-state index in [1.54, 1.807) is 0 Å². The molecule has 0 bridgehead atoms. The van der Waals surface area contributed by atoms with Crippen molar-refractivity contribution < 1.29 is 0 Å². The van der Waals surface area contributed by atoms with Crippen LogP contribution in [0.4, 0.5) is 5.95 Å². The molecule has 0 fully saturated rings. The summed E-state index contributed by atoms with van der Waals surface area (Å²) in [6.45, 7) is 5.71. The van der Waals surface area contributed by atoms with Crippen LogP contribution in [0.2, 0.25) is 0 Å². The lowest BCUT2D eigenvalue weighted by Crippen LogP contribution is -2.13. The Hall–Kier alpha value is -1.90. The van der Waals surface area contributed by atoms with Gasteiger partial charge in [-0.05, 0) is 13.0 Å². The normalized spacial score (nSPS) is 12.3. The van der Waals surface area contributed by atoms with Crippen molar-refractivity contribution in [2.75, 3.05) is 5.32 Å². The van der Waals surface area contributed by atoms with Gasteiger partial charge in [0, 0.05) is 17.6 Å². The third-order valence-corrected chi connectivity index (χ3v) is 2.20. The molecule has 0 aliphatic heterocycles. The van der Waals surface area contributed by atoms with Crippen molar-refractivity contribution in [3.63, 3.8) is 0 Å². The van der Waals surface area contributed by atoms with Crippen molar-refractivity contribution in [3.8, 4) is 0 Å². The summed E-state index contributed by atoms with van der Waals surface area (Å²) in [6, 6.07) is 8.09. The second kappa shape index (κ2) is 4.09.